The molecule has 0 radical (unpaired) electrons. The van der Waals surface area contributed by atoms with Crippen LogP contribution in [-0.4, -0.2) is 37.5 Å². The monoisotopic (exact) mass is 256 g/mol. The zero-order valence-corrected chi connectivity index (χ0v) is 10.5. The van der Waals surface area contributed by atoms with E-state index in [1.165, 1.54) is 21.3 Å². The van der Waals surface area contributed by atoms with Gasteiger partial charge in [0.05, 0.1) is 26.4 Å². The predicted octanol–water partition coefficient (Wildman–Crippen LogP) is 0.968. The highest BCUT2D eigenvalue weighted by atomic mass is 16.5. The van der Waals surface area contributed by atoms with Gasteiger partial charge in [-0.2, -0.15) is 0 Å². The molecule has 1 aromatic rings. The number of aliphatic hydroxyl groups excluding tert-OH is 1. The molecule has 0 aromatic heterocycles. The molecule has 18 heavy (non-hydrogen) atoms. The van der Waals surface area contributed by atoms with Crippen molar-refractivity contribution in [3.63, 3.8) is 0 Å². The number of hydrogen-bond donors (Lipinski definition) is 2. The maximum atomic E-state index is 10.9. The predicted molar refractivity (Wildman–Crippen MR) is 62.9 cm³/mol. The summed E-state index contributed by atoms with van der Waals surface area (Å²) in [5.41, 5.74) is 0.721. The van der Waals surface area contributed by atoms with Gasteiger partial charge in [0.2, 0.25) is 0 Å². The SMILES string of the molecule is COCc1ccc(OC)c(C(O)C(=O)O)c1OC. The number of rotatable bonds is 6. The summed E-state index contributed by atoms with van der Waals surface area (Å²) in [7, 11) is 4.30. The van der Waals surface area contributed by atoms with Crippen molar-refractivity contribution in [1.29, 1.82) is 0 Å². The molecule has 0 amide bonds. The summed E-state index contributed by atoms with van der Waals surface area (Å²) in [4.78, 5) is 10.9. The fraction of sp³-hybridized carbons (Fsp3) is 0.417. The molecule has 6 heteroatoms. The molecule has 0 fully saturated rings. The normalized spacial score (nSPS) is 12.0. The summed E-state index contributed by atoms with van der Waals surface area (Å²) in [5.74, 6) is -0.867. The molecule has 100 valence electrons. The largest absolute Gasteiger partial charge is 0.496 e. The molecule has 0 spiro atoms. The fourth-order valence-corrected chi connectivity index (χ4v) is 1.70. The van der Waals surface area contributed by atoms with Crippen molar-refractivity contribution in [1.82, 2.24) is 0 Å². The molecular formula is C12H16O6. The third-order valence-corrected chi connectivity index (χ3v) is 2.47. The molecule has 0 aliphatic carbocycles. The van der Waals surface area contributed by atoms with E-state index in [0.717, 1.165) is 0 Å². The lowest BCUT2D eigenvalue weighted by atomic mass is 10.0. The van der Waals surface area contributed by atoms with Crippen LogP contribution in [0.25, 0.3) is 0 Å². The third-order valence-electron chi connectivity index (χ3n) is 2.47. The molecule has 1 aromatic carbocycles. The van der Waals surface area contributed by atoms with Gasteiger partial charge < -0.3 is 24.4 Å². The molecule has 0 aliphatic heterocycles. The van der Waals surface area contributed by atoms with Gasteiger partial charge >= 0.3 is 5.97 Å². The van der Waals surface area contributed by atoms with E-state index in [-0.39, 0.29) is 23.7 Å². The van der Waals surface area contributed by atoms with E-state index in [4.69, 9.17) is 19.3 Å². The topological polar surface area (TPSA) is 85.2 Å². The summed E-state index contributed by atoms with van der Waals surface area (Å²) < 4.78 is 15.2. The van der Waals surface area contributed by atoms with Crippen LogP contribution in [0.5, 0.6) is 11.5 Å². The van der Waals surface area contributed by atoms with E-state index in [1.54, 1.807) is 12.1 Å². The van der Waals surface area contributed by atoms with Crippen molar-refractivity contribution in [2.24, 2.45) is 0 Å². The fourth-order valence-electron chi connectivity index (χ4n) is 1.70. The van der Waals surface area contributed by atoms with Crippen molar-refractivity contribution in [3.05, 3.63) is 23.3 Å². The Hall–Kier alpha value is -1.79. The average molecular weight is 256 g/mol. The van der Waals surface area contributed by atoms with Crippen LogP contribution >= 0.6 is 0 Å². The molecule has 1 unspecified atom stereocenters. The van der Waals surface area contributed by atoms with Crippen LogP contribution in [0.3, 0.4) is 0 Å². The van der Waals surface area contributed by atoms with Crippen LogP contribution in [0.2, 0.25) is 0 Å². The second-order valence-corrected chi connectivity index (χ2v) is 3.55. The zero-order valence-electron chi connectivity index (χ0n) is 10.5. The van der Waals surface area contributed by atoms with Crippen LogP contribution < -0.4 is 9.47 Å². The van der Waals surface area contributed by atoms with Crippen molar-refractivity contribution < 1.29 is 29.2 Å². The lowest BCUT2D eigenvalue weighted by molar-refractivity contribution is -0.147. The Bertz CT molecular complexity index is 429. The minimum atomic E-state index is -1.72. The van der Waals surface area contributed by atoms with Crippen molar-refractivity contribution in [2.75, 3.05) is 21.3 Å². The molecule has 0 saturated carbocycles. The van der Waals surface area contributed by atoms with Gasteiger partial charge in [-0.25, -0.2) is 4.79 Å². The van der Waals surface area contributed by atoms with Gasteiger partial charge in [0.15, 0.2) is 6.10 Å². The van der Waals surface area contributed by atoms with Gasteiger partial charge in [-0.3, -0.25) is 0 Å². The first kappa shape index (κ1) is 14.3. The number of aliphatic hydroxyl groups is 1. The van der Waals surface area contributed by atoms with E-state index in [2.05, 4.69) is 0 Å². The number of aliphatic carboxylic acids is 1. The second kappa shape index (κ2) is 6.23. The molecular weight excluding hydrogens is 240 g/mol. The van der Waals surface area contributed by atoms with Gasteiger partial charge in [0.25, 0.3) is 0 Å². The number of carboxylic acids is 1. The smallest absolute Gasteiger partial charge is 0.337 e. The molecule has 0 aliphatic rings. The standard InChI is InChI=1S/C12H16O6/c1-16-6-7-4-5-8(17-2)9(11(7)18-3)10(13)12(14)15/h4-5,10,13H,6H2,1-3H3,(H,14,15). The van der Waals surface area contributed by atoms with Gasteiger partial charge in [0.1, 0.15) is 11.5 Å². The van der Waals surface area contributed by atoms with Gasteiger partial charge in [-0.15, -0.1) is 0 Å². The Kier molecular flexibility index (Phi) is 4.94. The maximum Gasteiger partial charge on any atom is 0.337 e. The summed E-state index contributed by atoms with van der Waals surface area (Å²) in [6.45, 7) is 0.243. The van der Waals surface area contributed by atoms with Gasteiger partial charge in [0, 0.05) is 12.7 Å². The highest BCUT2D eigenvalue weighted by Crippen LogP contribution is 2.37. The molecule has 0 saturated heterocycles. The number of hydrogen-bond acceptors (Lipinski definition) is 5. The molecule has 0 heterocycles. The number of ether oxygens (including phenoxy) is 3. The lowest BCUT2D eigenvalue weighted by Gasteiger charge is -2.18. The van der Waals surface area contributed by atoms with Crippen LogP contribution in [0.4, 0.5) is 0 Å². The minimum Gasteiger partial charge on any atom is -0.496 e. The maximum absolute atomic E-state index is 10.9. The number of methoxy groups -OCH3 is 3. The minimum absolute atomic E-state index is 0.0852. The molecule has 2 N–H and O–H groups in total. The van der Waals surface area contributed by atoms with E-state index in [0.29, 0.717) is 5.56 Å². The van der Waals surface area contributed by atoms with Crippen LogP contribution in [0, 0.1) is 0 Å². The van der Waals surface area contributed by atoms with Crippen LogP contribution in [0.1, 0.15) is 17.2 Å². The van der Waals surface area contributed by atoms with Gasteiger partial charge in [-0.1, -0.05) is 0 Å². The molecule has 1 rings (SSSR count). The van der Waals surface area contributed by atoms with Crippen molar-refractivity contribution in [2.45, 2.75) is 12.7 Å². The summed E-state index contributed by atoms with van der Waals surface area (Å²) >= 11 is 0. The van der Waals surface area contributed by atoms with Crippen LogP contribution in [0.15, 0.2) is 12.1 Å². The highest BCUT2D eigenvalue weighted by molar-refractivity contribution is 5.77. The zero-order chi connectivity index (χ0) is 13.7. The lowest BCUT2D eigenvalue weighted by Crippen LogP contribution is -2.14. The van der Waals surface area contributed by atoms with Gasteiger partial charge in [-0.05, 0) is 12.1 Å². The Morgan fingerprint density at radius 1 is 1.28 bits per heavy atom. The number of carbonyl (C=O) groups is 1. The Morgan fingerprint density at radius 2 is 1.94 bits per heavy atom. The van der Waals surface area contributed by atoms with Crippen molar-refractivity contribution in [3.8, 4) is 11.5 Å². The van der Waals surface area contributed by atoms with Crippen LogP contribution in [-0.2, 0) is 16.1 Å². The Balaban J connectivity index is 3.40. The average Bonchev–Trinajstić information content (AvgIpc) is 2.37. The first-order valence-electron chi connectivity index (χ1n) is 5.20. The molecule has 6 nitrogen and oxygen atoms in total. The Labute approximate surface area is 105 Å². The summed E-state index contributed by atoms with van der Waals surface area (Å²) in [6.07, 6.45) is -1.72. The first-order chi connectivity index (χ1) is 8.56. The van der Waals surface area contributed by atoms with E-state index >= 15 is 0 Å². The summed E-state index contributed by atoms with van der Waals surface area (Å²) in [5, 5.41) is 18.6. The van der Waals surface area contributed by atoms with E-state index < -0.39 is 12.1 Å². The highest BCUT2D eigenvalue weighted by Gasteiger charge is 2.26. The third kappa shape index (κ3) is 2.72. The van der Waals surface area contributed by atoms with E-state index in [1.807, 2.05) is 0 Å². The molecule has 0 bridgehead atoms. The Morgan fingerprint density at radius 3 is 2.39 bits per heavy atom. The second-order valence-electron chi connectivity index (χ2n) is 3.55. The van der Waals surface area contributed by atoms with E-state index in [9.17, 15) is 9.90 Å². The first-order valence-corrected chi connectivity index (χ1v) is 5.20. The number of benzene rings is 1. The quantitative estimate of drug-likeness (QED) is 0.788. The molecule has 1 atom stereocenters. The number of carboxylic acid groups (broad SMARTS) is 1. The van der Waals surface area contributed by atoms with Crippen molar-refractivity contribution >= 4 is 5.97 Å². The summed E-state index contributed by atoms with van der Waals surface area (Å²) in [6, 6.07) is 3.26.